The molecule has 3 rings (SSSR count). The summed E-state index contributed by atoms with van der Waals surface area (Å²) in [6.45, 7) is 1.03. The van der Waals surface area contributed by atoms with Crippen molar-refractivity contribution >= 4 is 11.8 Å². The molecule has 0 saturated carbocycles. The number of rotatable bonds is 5. The zero-order valence-electron chi connectivity index (χ0n) is 13.2. The van der Waals surface area contributed by atoms with E-state index in [2.05, 4.69) is 15.3 Å². The first-order valence-electron chi connectivity index (χ1n) is 7.71. The van der Waals surface area contributed by atoms with Crippen molar-refractivity contribution in [1.29, 1.82) is 0 Å². The Kier molecular flexibility index (Phi) is 5.14. The van der Waals surface area contributed by atoms with E-state index in [0.29, 0.717) is 18.9 Å². The predicted octanol–water partition coefficient (Wildman–Crippen LogP) is 3.71. The van der Waals surface area contributed by atoms with Crippen LogP contribution in [0, 0.1) is 0 Å². The van der Waals surface area contributed by atoms with Crippen LogP contribution in [0.1, 0.15) is 11.1 Å². The van der Waals surface area contributed by atoms with Crippen LogP contribution in [-0.2, 0) is 13.1 Å². The van der Waals surface area contributed by atoms with E-state index in [4.69, 9.17) is 0 Å². The normalized spacial score (nSPS) is 10.2. The predicted molar refractivity (Wildman–Crippen MR) is 93.2 cm³/mol. The number of benzene rings is 2. The van der Waals surface area contributed by atoms with E-state index in [9.17, 15) is 4.79 Å². The van der Waals surface area contributed by atoms with Crippen LogP contribution >= 0.6 is 0 Å². The van der Waals surface area contributed by atoms with Gasteiger partial charge in [-0.15, -0.1) is 0 Å². The lowest BCUT2D eigenvalue weighted by molar-refractivity contribution is 0.206. The zero-order chi connectivity index (χ0) is 16.6. The smallest absolute Gasteiger partial charge is 0.316 e. The van der Waals surface area contributed by atoms with Crippen molar-refractivity contribution in [2.24, 2.45) is 0 Å². The van der Waals surface area contributed by atoms with E-state index in [1.807, 2.05) is 60.7 Å². The summed E-state index contributed by atoms with van der Waals surface area (Å²) in [5.74, 6) is 0.439. The molecule has 0 fully saturated rings. The fourth-order valence-corrected chi connectivity index (χ4v) is 2.36. The fraction of sp³-hybridized carbons (Fsp3) is 0.105. The molecule has 24 heavy (non-hydrogen) atoms. The molecule has 1 heterocycles. The van der Waals surface area contributed by atoms with Crippen LogP contribution in [0.5, 0.6) is 0 Å². The minimum absolute atomic E-state index is 0.205. The molecular formula is C19H18N4O. The molecular weight excluding hydrogens is 300 g/mol. The van der Waals surface area contributed by atoms with E-state index in [1.165, 1.54) is 6.20 Å². The third-order valence-corrected chi connectivity index (χ3v) is 3.52. The van der Waals surface area contributed by atoms with E-state index in [1.54, 1.807) is 17.3 Å². The quantitative estimate of drug-likeness (QED) is 0.780. The number of nitrogens with one attached hydrogen (secondary N) is 1. The largest absolute Gasteiger partial charge is 0.323 e. The van der Waals surface area contributed by atoms with Gasteiger partial charge >= 0.3 is 6.03 Å². The average Bonchev–Trinajstić information content (AvgIpc) is 2.64. The molecule has 5 nitrogen and oxygen atoms in total. The lowest BCUT2D eigenvalue weighted by Crippen LogP contribution is -2.34. The summed E-state index contributed by atoms with van der Waals surface area (Å²) in [5.41, 5.74) is 2.14. The van der Waals surface area contributed by atoms with Gasteiger partial charge in [0.05, 0.1) is 6.20 Å². The summed E-state index contributed by atoms with van der Waals surface area (Å²) in [6, 6.07) is 19.6. The van der Waals surface area contributed by atoms with Gasteiger partial charge in [0, 0.05) is 25.5 Å². The first-order chi connectivity index (χ1) is 11.8. The molecule has 0 unspecified atom stereocenters. The monoisotopic (exact) mass is 318 g/mol. The molecule has 0 atom stereocenters. The van der Waals surface area contributed by atoms with Crippen molar-refractivity contribution in [1.82, 2.24) is 14.9 Å². The van der Waals surface area contributed by atoms with Crippen LogP contribution < -0.4 is 5.32 Å². The van der Waals surface area contributed by atoms with Crippen LogP contribution in [0.15, 0.2) is 79.3 Å². The number of hydrogen-bond donors (Lipinski definition) is 1. The van der Waals surface area contributed by atoms with E-state index in [-0.39, 0.29) is 6.03 Å². The third kappa shape index (κ3) is 4.39. The van der Waals surface area contributed by atoms with Gasteiger partial charge in [0.2, 0.25) is 0 Å². The first-order valence-corrected chi connectivity index (χ1v) is 7.71. The number of aromatic nitrogens is 2. The maximum Gasteiger partial charge on any atom is 0.323 e. The Hall–Kier alpha value is -3.21. The van der Waals surface area contributed by atoms with E-state index < -0.39 is 0 Å². The van der Waals surface area contributed by atoms with Crippen molar-refractivity contribution in [2.75, 3.05) is 5.32 Å². The Labute approximate surface area is 141 Å². The summed E-state index contributed by atoms with van der Waals surface area (Å²) in [7, 11) is 0. The fourth-order valence-electron chi connectivity index (χ4n) is 2.36. The highest BCUT2D eigenvalue weighted by Crippen LogP contribution is 2.12. The summed E-state index contributed by atoms with van der Waals surface area (Å²) in [6.07, 6.45) is 4.65. The van der Waals surface area contributed by atoms with Crippen molar-refractivity contribution in [3.05, 3.63) is 90.4 Å². The second-order valence-electron chi connectivity index (χ2n) is 5.35. The van der Waals surface area contributed by atoms with Gasteiger partial charge in [-0.3, -0.25) is 10.3 Å². The molecule has 120 valence electrons. The Morgan fingerprint density at radius 2 is 1.46 bits per heavy atom. The topological polar surface area (TPSA) is 58.1 Å². The maximum absolute atomic E-state index is 12.7. The van der Waals surface area contributed by atoms with Gasteiger partial charge in [0.1, 0.15) is 0 Å². The lowest BCUT2D eigenvalue weighted by Gasteiger charge is -2.23. The summed E-state index contributed by atoms with van der Waals surface area (Å²) >= 11 is 0. The van der Waals surface area contributed by atoms with Gasteiger partial charge in [-0.25, -0.2) is 9.78 Å². The molecule has 0 saturated heterocycles. The van der Waals surface area contributed by atoms with Crippen LogP contribution in [0.4, 0.5) is 10.6 Å². The molecule has 2 aromatic carbocycles. The Morgan fingerprint density at radius 3 is 1.96 bits per heavy atom. The SMILES string of the molecule is O=C(Nc1cnccn1)N(Cc1ccccc1)Cc1ccccc1. The van der Waals surface area contributed by atoms with Crippen LogP contribution in [0.3, 0.4) is 0 Å². The number of nitrogens with zero attached hydrogens (tertiary/aromatic N) is 3. The van der Waals surface area contributed by atoms with Crippen LogP contribution in [0.25, 0.3) is 0 Å². The number of urea groups is 1. The Morgan fingerprint density at radius 1 is 0.875 bits per heavy atom. The third-order valence-electron chi connectivity index (χ3n) is 3.52. The van der Waals surface area contributed by atoms with E-state index in [0.717, 1.165) is 11.1 Å². The highest BCUT2D eigenvalue weighted by Gasteiger charge is 2.15. The molecule has 2 amide bonds. The van der Waals surface area contributed by atoms with Gasteiger partial charge in [0.25, 0.3) is 0 Å². The van der Waals surface area contributed by atoms with Crippen molar-refractivity contribution < 1.29 is 4.79 Å². The first kappa shape index (κ1) is 15.7. The Balaban J connectivity index is 1.76. The molecule has 0 aliphatic heterocycles. The number of hydrogen-bond acceptors (Lipinski definition) is 3. The van der Waals surface area contributed by atoms with Crippen molar-refractivity contribution in [2.45, 2.75) is 13.1 Å². The number of amides is 2. The molecule has 3 aromatic rings. The van der Waals surface area contributed by atoms with Gasteiger partial charge in [-0.05, 0) is 11.1 Å². The molecule has 0 aliphatic carbocycles. The highest BCUT2D eigenvalue weighted by atomic mass is 16.2. The van der Waals surface area contributed by atoms with E-state index >= 15 is 0 Å². The molecule has 5 heteroatoms. The van der Waals surface area contributed by atoms with Crippen LogP contribution in [0.2, 0.25) is 0 Å². The van der Waals surface area contributed by atoms with Gasteiger partial charge in [-0.1, -0.05) is 60.7 Å². The second kappa shape index (κ2) is 7.87. The maximum atomic E-state index is 12.7. The average molecular weight is 318 g/mol. The molecule has 1 aromatic heterocycles. The molecule has 1 N–H and O–H groups in total. The molecule has 0 spiro atoms. The minimum atomic E-state index is -0.205. The number of anilines is 1. The molecule has 0 radical (unpaired) electrons. The van der Waals surface area contributed by atoms with Crippen LogP contribution in [-0.4, -0.2) is 20.9 Å². The number of carbonyl (C=O) groups is 1. The standard InChI is InChI=1S/C19H18N4O/c24-19(22-18-13-20-11-12-21-18)23(14-16-7-3-1-4-8-16)15-17-9-5-2-6-10-17/h1-13H,14-15H2,(H,21,22,24). The molecule has 0 aliphatic rings. The lowest BCUT2D eigenvalue weighted by atomic mass is 10.2. The van der Waals surface area contributed by atoms with Gasteiger partial charge < -0.3 is 4.90 Å². The minimum Gasteiger partial charge on any atom is -0.316 e. The summed E-state index contributed by atoms with van der Waals surface area (Å²) in [4.78, 5) is 22.5. The zero-order valence-corrected chi connectivity index (χ0v) is 13.2. The highest BCUT2D eigenvalue weighted by molar-refractivity contribution is 5.88. The number of carbonyl (C=O) groups excluding carboxylic acids is 1. The van der Waals surface area contributed by atoms with Gasteiger partial charge in [-0.2, -0.15) is 0 Å². The van der Waals surface area contributed by atoms with Crippen molar-refractivity contribution in [3.63, 3.8) is 0 Å². The van der Waals surface area contributed by atoms with Gasteiger partial charge in [0.15, 0.2) is 5.82 Å². The summed E-state index contributed by atoms with van der Waals surface area (Å²) in [5, 5.41) is 2.80. The Bertz CT molecular complexity index is 722. The molecule has 0 bridgehead atoms. The summed E-state index contributed by atoms with van der Waals surface area (Å²) < 4.78 is 0. The van der Waals surface area contributed by atoms with Crippen molar-refractivity contribution in [3.8, 4) is 0 Å². The second-order valence-corrected chi connectivity index (χ2v) is 5.35.